The van der Waals surface area contributed by atoms with Gasteiger partial charge in [0.05, 0.1) is 26.2 Å². The molecule has 0 heterocycles. The zero-order chi connectivity index (χ0) is 17.7. The molecule has 0 bridgehead atoms. The maximum Gasteiger partial charge on any atom is 0.387 e. The monoisotopic (exact) mass is 335 g/mol. The van der Waals surface area contributed by atoms with Gasteiger partial charge >= 0.3 is 6.61 Å². The van der Waals surface area contributed by atoms with Crippen LogP contribution in [0, 0.1) is 11.3 Å². The molecule has 2 aromatic rings. The molecule has 0 spiro atoms. The van der Waals surface area contributed by atoms with Gasteiger partial charge in [-0.3, -0.25) is 0 Å². The molecule has 0 saturated carbocycles. The first-order valence-corrected chi connectivity index (χ1v) is 6.96. The highest BCUT2D eigenvalue weighted by Crippen LogP contribution is 2.43. The van der Waals surface area contributed by atoms with Gasteiger partial charge in [0.1, 0.15) is 5.75 Å². The van der Waals surface area contributed by atoms with Crippen LogP contribution >= 0.6 is 0 Å². The summed E-state index contributed by atoms with van der Waals surface area (Å²) in [7, 11) is 1.29. The Morgan fingerprint density at radius 1 is 1.25 bits per heavy atom. The third-order valence-electron chi connectivity index (χ3n) is 3.42. The Hall–Kier alpha value is -2.85. The van der Waals surface area contributed by atoms with Crippen LogP contribution in [0.2, 0.25) is 0 Å². The van der Waals surface area contributed by atoms with Crippen molar-refractivity contribution in [2.24, 2.45) is 0 Å². The minimum absolute atomic E-state index is 0.0327. The first kappa shape index (κ1) is 17.5. The van der Waals surface area contributed by atoms with E-state index in [9.17, 15) is 19.0 Å². The molecule has 5 nitrogen and oxygen atoms in total. The molecular formula is C17H15F2NO4. The zero-order valence-electron chi connectivity index (χ0n) is 12.8. The molecule has 126 valence electrons. The lowest BCUT2D eigenvalue weighted by Gasteiger charge is -2.18. The van der Waals surface area contributed by atoms with E-state index in [4.69, 9.17) is 10.00 Å². The normalized spacial score (nSPS) is 10.5. The summed E-state index contributed by atoms with van der Waals surface area (Å²) in [5.41, 5.74) is 1.19. The summed E-state index contributed by atoms with van der Waals surface area (Å²) >= 11 is 0. The van der Waals surface area contributed by atoms with Crippen LogP contribution in [0.5, 0.6) is 17.2 Å². The van der Waals surface area contributed by atoms with E-state index in [1.165, 1.54) is 31.4 Å². The first-order chi connectivity index (χ1) is 11.5. The number of aliphatic hydroxyl groups excluding tert-OH is 1. The number of benzene rings is 2. The van der Waals surface area contributed by atoms with Gasteiger partial charge in [0.15, 0.2) is 11.5 Å². The fourth-order valence-corrected chi connectivity index (χ4v) is 2.41. The second kappa shape index (κ2) is 7.62. The lowest BCUT2D eigenvalue weighted by Crippen LogP contribution is -2.06. The van der Waals surface area contributed by atoms with Gasteiger partial charge in [0.25, 0.3) is 0 Å². The number of phenols is 1. The van der Waals surface area contributed by atoms with E-state index in [-0.39, 0.29) is 34.8 Å². The lowest BCUT2D eigenvalue weighted by molar-refractivity contribution is -0.0508. The number of aliphatic hydroxyl groups is 1. The van der Waals surface area contributed by atoms with Crippen molar-refractivity contribution in [1.82, 2.24) is 0 Å². The van der Waals surface area contributed by atoms with Crippen molar-refractivity contribution in [3.63, 3.8) is 0 Å². The van der Waals surface area contributed by atoms with Crippen molar-refractivity contribution >= 4 is 0 Å². The number of methoxy groups -OCH3 is 1. The molecule has 0 aromatic heterocycles. The average molecular weight is 335 g/mol. The molecule has 0 radical (unpaired) electrons. The SMILES string of the molecule is COc1cc(CC#N)cc(-c2cccc(O)c2CO)c1OC(F)F. The highest BCUT2D eigenvalue weighted by molar-refractivity contribution is 5.78. The van der Waals surface area contributed by atoms with Crippen molar-refractivity contribution in [2.75, 3.05) is 7.11 Å². The molecule has 0 saturated heterocycles. The van der Waals surface area contributed by atoms with Gasteiger partial charge in [-0.2, -0.15) is 14.0 Å². The van der Waals surface area contributed by atoms with Crippen LogP contribution in [0.15, 0.2) is 30.3 Å². The lowest BCUT2D eigenvalue weighted by atomic mass is 9.95. The Kier molecular flexibility index (Phi) is 5.55. The van der Waals surface area contributed by atoms with Crippen molar-refractivity contribution in [3.05, 3.63) is 41.5 Å². The minimum Gasteiger partial charge on any atom is -0.508 e. The number of rotatable bonds is 6. The van der Waals surface area contributed by atoms with Gasteiger partial charge in [-0.15, -0.1) is 0 Å². The topological polar surface area (TPSA) is 82.7 Å². The summed E-state index contributed by atoms with van der Waals surface area (Å²) in [6.07, 6.45) is 0.0333. The largest absolute Gasteiger partial charge is 0.508 e. The van der Waals surface area contributed by atoms with E-state index in [2.05, 4.69) is 4.74 Å². The molecule has 2 aromatic carbocycles. The van der Waals surface area contributed by atoms with E-state index in [0.717, 1.165) is 0 Å². The molecular weight excluding hydrogens is 320 g/mol. The number of nitriles is 1. The molecule has 0 fully saturated rings. The Labute approximate surface area is 137 Å². The molecule has 2 rings (SSSR count). The molecule has 24 heavy (non-hydrogen) atoms. The average Bonchev–Trinajstić information content (AvgIpc) is 2.55. The fraction of sp³-hybridized carbons (Fsp3) is 0.235. The predicted molar refractivity (Wildman–Crippen MR) is 82.0 cm³/mol. The third-order valence-corrected chi connectivity index (χ3v) is 3.42. The Morgan fingerprint density at radius 2 is 2.00 bits per heavy atom. The molecule has 0 unspecified atom stereocenters. The van der Waals surface area contributed by atoms with Crippen LogP contribution in [0.1, 0.15) is 11.1 Å². The van der Waals surface area contributed by atoms with Gasteiger partial charge in [-0.05, 0) is 29.3 Å². The van der Waals surface area contributed by atoms with Gasteiger partial charge in [0, 0.05) is 11.1 Å². The van der Waals surface area contributed by atoms with E-state index in [1.807, 2.05) is 6.07 Å². The number of hydrogen-bond donors (Lipinski definition) is 2. The summed E-state index contributed by atoms with van der Waals surface area (Å²) < 4.78 is 35.3. The number of aromatic hydroxyl groups is 1. The summed E-state index contributed by atoms with van der Waals surface area (Å²) in [6, 6.07) is 9.34. The number of ether oxygens (including phenoxy) is 2. The van der Waals surface area contributed by atoms with Crippen LogP contribution in [0.25, 0.3) is 11.1 Å². The van der Waals surface area contributed by atoms with Crippen molar-refractivity contribution in [3.8, 4) is 34.4 Å². The third kappa shape index (κ3) is 3.55. The van der Waals surface area contributed by atoms with Crippen LogP contribution in [0.3, 0.4) is 0 Å². The number of halogens is 2. The molecule has 0 aliphatic heterocycles. The predicted octanol–water partition coefficient (Wildman–Crippen LogP) is 3.23. The first-order valence-electron chi connectivity index (χ1n) is 6.96. The molecule has 2 N–H and O–H groups in total. The van der Waals surface area contributed by atoms with Gasteiger partial charge in [-0.1, -0.05) is 12.1 Å². The van der Waals surface area contributed by atoms with E-state index >= 15 is 0 Å². The quantitative estimate of drug-likeness (QED) is 0.847. The Bertz CT molecular complexity index is 772. The number of nitrogens with zero attached hydrogens (tertiary/aromatic N) is 1. The minimum atomic E-state index is -3.09. The number of hydrogen-bond acceptors (Lipinski definition) is 5. The fourth-order valence-electron chi connectivity index (χ4n) is 2.41. The molecule has 0 atom stereocenters. The molecule has 7 heteroatoms. The number of alkyl halides is 2. The highest BCUT2D eigenvalue weighted by atomic mass is 19.3. The Morgan fingerprint density at radius 3 is 2.58 bits per heavy atom. The van der Waals surface area contributed by atoms with Crippen LogP contribution in [0.4, 0.5) is 8.78 Å². The zero-order valence-corrected chi connectivity index (χ0v) is 12.8. The van der Waals surface area contributed by atoms with E-state index < -0.39 is 13.2 Å². The van der Waals surface area contributed by atoms with Gasteiger partial charge in [0.2, 0.25) is 0 Å². The summed E-state index contributed by atoms with van der Waals surface area (Å²) in [5.74, 6) is -0.373. The van der Waals surface area contributed by atoms with E-state index in [0.29, 0.717) is 11.1 Å². The molecule has 0 amide bonds. The van der Waals surface area contributed by atoms with Crippen molar-refractivity contribution in [1.29, 1.82) is 5.26 Å². The standard InChI is InChI=1S/C17H15F2NO4/c1-23-15-8-10(5-6-20)7-12(16(15)24-17(18)19)11-3-2-4-14(22)13(11)9-21/h2-4,7-8,17,21-22H,5,9H2,1H3. The van der Waals surface area contributed by atoms with Gasteiger partial charge in [-0.25, -0.2) is 0 Å². The molecule has 0 aliphatic carbocycles. The Balaban J connectivity index is 2.77. The van der Waals surface area contributed by atoms with Crippen LogP contribution in [-0.2, 0) is 13.0 Å². The van der Waals surface area contributed by atoms with Crippen LogP contribution in [-0.4, -0.2) is 23.9 Å². The second-order valence-electron chi connectivity index (χ2n) is 4.85. The summed E-state index contributed by atoms with van der Waals surface area (Å²) in [5, 5.41) is 28.3. The second-order valence-corrected chi connectivity index (χ2v) is 4.85. The maximum absolute atomic E-state index is 12.8. The van der Waals surface area contributed by atoms with Crippen LogP contribution < -0.4 is 9.47 Å². The van der Waals surface area contributed by atoms with E-state index in [1.54, 1.807) is 6.07 Å². The van der Waals surface area contributed by atoms with Crippen molar-refractivity contribution < 1.29 is 28.5 Å². The van der Waals surface area contributed by atoms with Gasteiger partial charge < -0.3 is 19.7 Å². The summed E-state index contributed by atoms with van der Waals surface area (Å²) in [6.45, 7) is -3.59. The smallest absolute Gasteiger partial charge is 0.387 e. The summed E-state index contributed by atoms with van der Waals surface area (Å²) in [4.78, 5) is 0. The maximum atomic E-state index is 12.8. The van der Waals surface area contributed by atoms with Crippen molar-refractivity contribution in [2.45, 2.75) is 19.6 Å². The molecule has 0 aliphatic rings. The highest BCUT2D eigenvalue weighted by Gasteiger charge is 2.21.